The van der Waals surface area contributed by atoms with Gasteiger partial charge in [-0.05, 0) is 67.2 Å². The SMILES string of the molecule is CC(C)c1cc2c(-c3ccc(S(=O)(=O)NC4CCNCC4)cc3)ccnc2[nH]1.O=CO. The molecule has 0 aliphatic carbocycles. The molecular formula is C22H28N4O4S. The molecule has 31 heavy (non-hydrogen) atoms. The lowest BCUT2D eigenvalue weighted by molar-refractivity contribution is -0.122. The number of carbonyl (C=O) groups is 1. The number of benzene rings is 1. The summed E-state index contributed by atoms with van der Waals surface area (Å²) in [5.74, 6) is 0.385. The maximum atomic E-state index is 12.7. The fourth-order valence-corrected chi connectivity index (χ4v) is 4.96. The maximum Gasteiger partial charge on any atom is 0.290 e. The van der Waals surface area contributed by atoms with Gasteiger partial charge < -0.3 is 15.4 Å². The normalized spacial score (nSPS) is 14.9. The van der Waals surface area contributed by atoms with Crippen molar-refractivity contribution in [3.63, 3.8) is 0 Å². The number of H-pyrrole nitrogens is 1. The van der Waals surface area contributed by atoms with Crippen LogP contribution in [0.15, 0.2) is 47.5 Å². The quantitative estimate of drug-likeness (QED) is 0.448. The largest absolute Gasteiger partial charge is 0.483 e. The Morgan fingerprint density at radius 2 is 1.81 bits per heavy atom. The number of hydrogen-bond acceptors (Lipinski definition) is 5. The highest BCUT2D eigenvalue weighted by Gasteiger charge is 2.21. The Hall–Kier alpha value is -2.75. The van der Waals surface area contributed by atoms with Crippen LogP contribution in [0.5, 0.6) is 0 Å². The minimum absolute atomic E-state index is 0.0000551. The molecule has 0 spiro atoms. The van der Waals surface area contributed by atoms with E-state index in [-0.39, 0.29) is 12.5 Å². The lowest BCUT2D eigenvalue weighted by Gasteiger charge is -2.23. The third-order valence-corrected chi connectivity index (χ3v) is 6.85. The predicted octanol–water partition coefficient (Wildman–Crippen LogP) is 3.08. The minimum Gasteiger partial charge on any atom is -0.483 e. The van der Waals surface area contributed by atoms with Gasteiger partial charge in [-0.3, -0.25) is 4.79 Å². The van der Waals surface area contributed by atoms with Crippen LogP contribution in [0.4, 0.5) is 0 Å². The first kappa shape index (κ1) is 22.9. The van der Waals surface area contributed by atoms with Crippen molar-refractivity contribution in [3.05, 3.63) is 48.3 Å². The van der Waals surface area contributed by atoms with Crippen LogP contribution in [-0.4, -0.2) is 49.1 Å². The molecule has 4 N–H and O–H groups in total. The summed E-state index contributed by atoms with van der Waals surface area (Å²) in [4.78, 5) is 16.5. The first-order valence-electron chi connectivity index (χ1n) is 10.2. The fourth-order valence-electron chi connectivity index (χ4n) is 3.65. The zero-order chi connectivity index (χ0) is 22.4. The molecule has 4 rings (SSSR count). The van der Waals surface area contributed by atoms with Crippen LogP contribution in [0, 0.1) is 0 Å². The van der Waals surface area contributed by atoms with Crippen molar-refractivity contribution in [2.45, 2.75) is 43.5 Å². The van der Waals surface area contributed by atoms with Crippen molar-refractivity contribution >= 4 is 27.5 Å². The Morgan fingerprint density at radius 3 is 2.42 bits per heavy atom. The summed E-state index contributed by atoms with van der Waals surface area (Å²) < 4.78 is 28.2. The van der Waals surface area contributed by atoms with E-state index in [4.69, 9.17) is 9.90 Å². The summed E-state index contributed by atoms with van der Waals surface area (Å²) in [7, 11) is -3.50. The molecule has 2 aromatic heterocycles. The average molecular weight is 445 g/mol. The highest BCUT2D eigenvalue weighted by atomic mass is 32.2. The van der Waals surface area contributed by atoms with Crippen molar-refractivity contribution in [1.82, 2.24) is 20.0 Å². The van der Waals surface area contributed by atoms with Gasteiger partial charge in [0.2, 0.25) is 10.0 Å². The Labute approximate surface area is 182 Å². The Bertz CT molecular complexity index is 1120. The summed E-state index contributed by atoms with van der Waals surface area (Å²) >= 11 is 0. The van der Waals surface area contributed by atoms with Crippen molar-refractivity contribution in [2.24, 2.45) is 0 Å². The molecule has 3 aromatic rings. The lowest BCUT2D eigenvalue weighted by Crippen LogP contribution is -2.42. The summed E-state index contributed by atoms with van der Waals surface area (Å²) in [6, 6.07) is 11.2. The summed E-state index contributed by atoms with van der Waals surface area (Å²) in [6.07, 6.45) is 3.41. The summed E-state index contributed by atoms with van der Waals surface area (Å²) in [6.45, 7) is 5.72. The van der Waals surface area contributed by atoms with E-state index in [1.807, 2.05) is 18.2 Å². The van der Waals surface area contributed by atoms with E-state index in [0.717, 1.165) is 53.8 Å². The van der Waals surface area contributed by atoms with Crippen LogP contribution in [0.3, 0.4) is 0 Å². The molecule has 1 aliphatic rings. The smallest absolute Gasteiger partial charge is 0.290 e. The number of fused-ring (bicyclic) bond motifs is 1. The van der Waals surface area contributed by atoms with Gasteiger partial charge in [0.05, 0.1) is 4.90 Å². The highest BCUT2D eigenvalue weighted by Crippen LogP contribution is 2.30. The van der Waals surface area contributed by atoms with E-state index >= 15 is 0 Å². The number of hydrogen-bond donors (Lipinski definition) is 4. The van der Waals surface area contributed by atoms with Crippen LogP contribution in [0.1, 0.15) is 38.3 Å². The topological polar surface area (TPSA) is 124 Å². The van der Waals surface area contributed by atoms with Crippen molar-refractivity contribution in [1.29, 1.82) is 0 Å². The molecule has 8 nitrogen and oxygen atoms in total. The molecule has 166 valence electrons. The summed E-state index contributed by atoms with van der Waals surface area (Å²) in [5.41, 5.74) is 4.01. The van der Waals surface area contributed by atoms with Gasteiger partial charge >= 0.3 is 0 Å². The molecule has 9 heteroatoms. The maximum absolute atomic E-state index is 12.7. The summed E-state index contributed by atoms with van der Waals surface area (Å²) in [5, 5.41) is 11.2. The van der Waals surface area contributed by atoms with E-state index in [1.165, 1.54) is 0 Å². The third-order valence-electron chi connectivity index (χ3n) is 5.31. The van der Waals surface area contributed by atoms with Crippen LogP contribution in [-0.2, 0) is 14.8 Å². The lowest BCUT2D eigenvalue weighted by atomic mass is 10.0. The number of aromatic nitrogens is 2. The van der Waals surface area contributed by atoms with Gasteiger partial charge in [0.15, 0.2) is 0 Å². The van der Waals surface area contributed by atoms with Gasteiger partial charge in [-0.1, -0.05) is 26.0 Å². The molecule has 1 aliphatic heterocycles. The molecule has 0 saturated carbocycles. The van der Waals surface area contributed by atoms with E-state index in [9.17, 15) is 8.42 Å². The monoisotopic (exact) mass is 444 g/mol. The van der Waals surface area contributed by atoms with Gasteiger partial charge in [0.25, 0.3) is 6.47 Å². The molecule has 0 unspecified atom stereocenters. The van der Waals surface area contributed by atoms with Crippen LogP contribution < -0.4 is 10.0 Å². The van der Waals surface area contributed by atoms with E-state index in [0.29, 0.717) is 10.8 Å². The molecule has 0 atom stereocenters. The fraction of sp³-hybridized carbons (Fsp3) is 0.364. The number of nitrogens with zero attached hydrogens (tertiary/aromatic N) is 1. The Morgan fingerprint density at radius 1 is 1.16 bits per heavy atom. The number of piperidine rings is 1. The van der Waals surface area contributed by atoms with Crippen LogP contribution in [0.25, 0.3) is 22.2 Å². The van der Waals surface area contributed by atoms with E-state index < -0.39 is 10.0 Å². The second-order valence-corrected chi connectivity index (χ2v) is 9.49. The molecule has 0 amide bonds. The van der Waals surface area contributed by atoms with Crippen molar-refractivity contribution < 1.29 is 18.3 Å². The molecule has 1 fully saturated rings. The van der Waals surface area contributed by atoms with Gasteiger partial charge in [-0.15, -0.1) is 0 Å². The molecule has 3 heterocycles. The second kappa shape index (κ2) is 10.0. The first-order valence-corrected chi connectivity index (χ1v) is 11.7. The molecule has 1 aromatic carbocycles. The van der Waals surface area contributed by atoms with Crippen molar-refractivity contribution in [2.75, 3.05) is 13.1 Å². The zero-order valence-electron chi connectivity index (χ0n) is 17.6. The zero-order valence-corrected chi connectivity index (χ0v) is 18.4. The molecular weight excluding hydrogens is 416 g/mol. The standard InChI is InChI=1S/C21H26N4O2S.CH2O2/c1-14(2)20-13-19-18(9-12-23-21(19)24-20)15-3-5-17(6-4-15)28(26,27)25-16-7-10-22-11-8-16;2-1-3/h3-6,9,12-14,16,22,25H,7-8,10-11H2,1-2H3,(H,23,24);1H,(H,2,3). The number of nitrogens with one attached hydrogen (secondary N) is 3. The Kier molecular flexibility index (Phi) is 7.42. The highest BCUT2D eigenvalue weighted by molar-refractivity contribution is 7.89. The third kappa shape index (κ3) is 5.49. The van der Waals surface area contributed by atoms with Gasteiger partial charge in [-0.2, -0.15) is 0 Å². The molecule has 1 saturated heterocycles. The molecule has 0 bridgehead atoms. The van der Waals surface area contributed by atoms with Crippen molar-refractivity contribution in [3.8, 4) is 11.1 Å². The second-order valence-electron chi connectivity index (χ2n) is 7.78. The van der Waals surface area contributed by atoms with E-state index in [1.54, 1.807) is 18.3 Å². The van der Waals surface area contributed by atoms with Crippen LogP contribution >= 0.6 is 0 Å². The number of rotatable bonds is 5. The van der Waals surface area contributed by atoms with Crippen LogP contribution in [0.2, 0.25) is 0 Å². The Balaban J connectivity index is 0.000000858. The van der Waals surface area contributed by atoms with Gasteiger partial charge in [0, 0.05) is 23.3 Å². The number of pyridine rings is 1. The average Bonchev–Trinajstić information content (AvgIpc) is 3.20. The van der Waals surface area contributed by atoms with E-state index in [2.05, 4.69) is 39.9 Å². The number of sulfonamides is 1. The van der Waals surface area contributed by atoms with Gasteiger partial charge in [-0.25, -0.2) is 18.1 Å². The van der Waals surface area contributed by atoms with Gasteiger partial charge in [0.1, 0.15) is 5.65 Å². The number of carboxylic acid groups (broad SMARTS) is 1. The minimum atomic E-state index is -3.50. The predicted molar refractivity (Wildman–Crippen MR) is 121 cm³/mol. The molecule has 0 radical (unpaired) electrons. The first-order chi connectivity index (χ1) is 14.9. The number of aromatic amines is 1.